The summed E-state index contributed by atoms with van der Waals surface area (Å²) < 4.78 is 4.49. The first kappa shape index (κ1) is 13.2. The van der Waals surface area contributed by atoms with Crippen molar-refractivity contribution in [2.45, 2.75) is 18.8 Å². The Hall–Kier alpha value is -1.85. The highest BCUT2D eigenvalue weighted by molar-refractivity contribution is 5.65. The number of primary amides is 1. The second kappa shape index (κ2) is 5.47. The van der Waals surface area contributed by atoms with Crippen LogP contribution in [0.25, 0.3) is 6.08 Å². The molecule has 1 rings (SSSR count). The van der Waals surface area contributed by atoms with Crippen LogP contribution < -0.4 is 5.73 Å². The Balaban J connectivity index is 2.72. The van der Waals surface area contributed by atoms with Gasteiger partial charge in [0, 0.05) is 0 Å². The normalized spacial score (nSPS) is 13.6. The minimum atomic E-state index is -2.26. The number of hydrogen-bond donors (Lipinski definition) is 3. The second-order valence-electron chi connectivity index (χ2n) is 3.61. The largest absolute Gasteiger partial charge is 0.441 e. The van der Waals surface area contributed by atoms with Crippen molar-refractivity contribution in [3.8, 4) is 0 Å². The van der Waals surface area contributed by atoms with Crippen molar-refractivity contribution in [3.63, 3.8) is 0 Å². The molecule has 5 nitrogen and oxygen atoms in total. The summed E-state index contributed by atoms with van der Waals surface area (Å²) >= 11 is 0. The Kier molecular flexibility index (Phi) is 4.25. The van der Waals surface area contributed by atoms with Gasteiger partial charge in [-0.2, -0.15) is 0 Å². The van der Waals surface area contributed by atoms with Gasteiger partial charge < -0.3 is 20.7 Å². The van der Waals surface area contributed by atoms with Crippen LogP contribution in [0.1, 0.15) is 12.5 Å². The van der Waals surface area contributed by atoms with Gasteiger partial charge in [-0.1, -0.05) is 36.4 Å². The molecule has 1 aromatic rings. The Bertz CT molecular complexity index is 400. The van der Waals surface area contributed by atoms with E-state index in [0.717, 1.165) is 11.6 Å². The summed E-state index contributed by atoms with van der Waals surface area (Å²) in [5.74, 6) is -2.26. The highest BCUT2D eigenvalue weighted by Gasteiger charge is 2.30. The van der Waals surface area contributed by atoms with Gasteiger partial charge >= 0.3 is 6.09 Å². The molecule has 0 saturated carbocycles. The molecule has 1 atom stereocenters. The lowest BCUT2D eigenvalue weighted by atomic mass is 10.1. The predicted octanol–water partition coefficient (Wildman–Crippen LogP) is 0.865. The maximum absolute atomic E-state index is 10.5. The summed E-state index contributed by atoms with van der Waals surface area (Å²) in [6.07, 6.45) is 0.439. The van der Waals surface area contributed by atoms with E-state index in [1.54, 1.807) is 12.1 Å². The van der Waals surface area contributed by atoms with E-state index in [-0.39, 0.29) is 0 Å². The van der Waals surface area contributed by atoms with Crippen LogP contribution >= 0.6 is 0 Å². The van der Waals surface area contributed by atoms with E-state index in [4.69, 9.17) is 5.73 Å². The molecule has 5 heteroatoms. The lowest BCUT2D eigenvalue weighted by Gasteiger charge is -2.24. The average molecular weight is 237 g/mol. The summed E-state index contributed by atoms with van der Waals surface area (Å²) in [6.45, 7) is 1.33. The molecule has 1 unspecified atom stereocenters. The first-order chi connectivity index (χ1) is 7.92. The average Bonchev–Trinajstić information content (AvgIpc) is 2.27. The van der Waals surface area contributed by atoms with E-state index < -0.39 is 18.0 Å². The third-order valence-corrected chi connectivity index (χ3v) is 2.21. The lowest BCUT2D eigenvalue weighted by Crippen LogP contribution is -2.42. The van der Waals surface area contributed by atoms with Gasteiger partial charge in [-0.05, 0) is 18.6 Å². The minimum Gasteiger partial charge on any atom is -0.441 e. The molecular formula is C12H15NO4. The third-order valence-electron chi connectivity index (χ3n) is 2.21. The maximum Gasteiger partial charge on any atom is 0.404 e. The number of benzene rings is 1. The van der Waals surface area contributed by atoms with E-state index in [1.165, 1.54) is 13.0 Å². The van der Waals surface area contributed by atoms with Crippen LogP contribution in [0.2, 0.25) is 0 Å². The molecule has 1 aromatic carbocycles. The van der Waals surface area contributed by atoms with Gasteiger partial charge in [0.1, 0.15) is 0 Å². The first-order valence-electron chi connectivity index (χ1n) is 5.07. The molecular weight excluding hydrogens is 222 g/mol. The molecule has 0 aliphatic carbocycles. The van der Waals surface area contributed by atoms with Crippen LogP contribution in [0.4, 0.5) is 4.79 Å². The molecule has 1 amide bonds. The Morgan fingerprint density at radius 2 is 2.00 bits per heavy atom. The molecule has 92 valence electrons. The zero-order valence-corrected chi connectivity index (χ0v) is 9.41. The van der Waals surface area contributed by atoms with E-state index in [2.05, 4.69) is 4.74 Å². The van der Waals surface area contributed by atoms with Crippen molar-refractivity contribution in [1.82, 2.24) is 0 Å². The highest BCUT2D eigenvalue weighted by atomic mass is 16.6. The van der Waals surface area contributed by atoms with E-state index in [1.807, 2.05) is 18.2 Å². The molecule has 0 radical (unpaired) electrons. The summed E-state index contributed by atoms with van der Waals surface area (Å²) in [5.41, 5.74) is 5.59. The van der Waals surface area contributed by atoms with Crippen LogP contribution in [0, 0.1) is 0 Å². The van der Waals surface area contributed by atoms with Crippen molar-refractivity contribution in [1.29, 1.82) is 0 Å². The molecule has 0 spiro atoms. The number of nitrogens with two attached hydrogens (primary N) is 1. The van der Waals surface area contributed by atoms with E-state index >= 15 is 0 Å². The topological polar surface area (TPSA) is 92.8 Å². The second-order valence-corrected chi connectivity index (χ2v) is 3.61. The monoisotopic (exact) mass is 237 g/mol. The smallest absolute Gasteiger partial charge is 0.404 e. The van der Waals surface area contributed by atoms with Crippen molar-refractivity contribution in [2.24, 2.45) is 5.73 Å². The zero-order valence-electron chi connectivity index (χ0n) is 9.41. The number of carbonyl (C=O) groups is 1. The molecule has 4 N–H and O–H groups in total. The molecule has 17 heavy (non-hydrogen) atoms. The molecule has 0 fully saturated rings. The predicted molar refractivity (Wildman–Crippen MR) is 62.8 cm³/mol. The molecule has 0 aromatic heterocycles. The van der Waals surface area contributed by atoms with Gasteiger partial charge in [0.2, 0.25) is 5.79 Å². The van der Waals surface area contributed by atoms with Gasteiger partial charge in [-0.3, -0.25) is 0 Å². The van der Waals surface area contributed by atoms with Gasteiger partial charge in [0.25, 0.3) is 0 Å². The number of carbonyl (C=O) groups excluding carboxylic acids is 1. The number of rotatable bonds is 4. The van der Waals surface area contributed by atoms with Crippen LogP contribution in [-0.4, -0.2) is 28.2 Å². The van der Waals surface area contributed by atoms with Crippen molar-refractivity contribution < 1.29 is 19.7 Å². The van der Waals surface area contributed by atoms with E-state index in [9.17, 15) is 15.0 Å². The summed E-state index contributed by atoms with van der Waals surface area (Å²) in [7, 11) is 0. The fraction of sp³-hybridized carbons (Fsp3) is 0.250. The van der Waals surface area contributed by atoms with Crippen LogP contribution in [0.15, 0.2) is 36.4 Å². The Labute approximate surface area is 99.1 Å². The fourth-order valence-electron chi connectivity index (χ4n) is 1.18. The number of aliphatic hydroxyl groups is 2. The van der Waals surface area contributed by atoms with Gasteiger partial charge in [-0.15, -0.1) is 0 Å². The Morgan fingerprint density at radius 3 is 2.53 bits per heavy atom. The number of ether oxygens (including phenoxy) is 1. The van der Waals surface area contributed by atoms with Crippen molar-refractivity contribution in [3.05, 3.63) is 42.0 Å². The Morgan fingerprint density at radius 1 is 1.41 bits per heavy atom. The molecule has 0 saturated heterocycles. The summed E-state index contributed by atoms with van der Waals surface area (Å²) in [6, 6.07) is 9.08. The number of amides is 1. The number of hydrogen-bond acceptors (Lipinski definition) is 4. The first-order valence-corrected chi connectivity index (χ1v) is 5.07. The molecule has 0 aliphatic heterocycles. The summed E-state index contributed by atoms with van der Waals surface area (Å²) in [4.78, 5) is 10.5. The van der Waals surface area contributed by atoms with Crippen molar-refractivity contribution >= 4 is 12.2 Å². The minimum absolute atomic E-state index is 0.797. The summed E-state index contributed by atoms with van der Waals surface area (Å²) in [5, 5.41) is 19.3. The molecule has 0 heterocycles. The van der Waals surface area contributed by atoms with Crippen molar-refractivity contribution in [2.75, 3.05) is 0 Å². The highest BCUT2D eigenvalue weighted by Crippen LogP contribution is 2.14. The molecule has 0 bridgehead atoms. The maximum atomic E-state index is 10.5. The van der Waals surface area contributed by atoms with E-state index in [0.29, 0.717) is 0 Å². The van der Waals surface area contributed by atoms with Crippen LogP contribution in [0.3, 0.4) is 0 Å². The van der Waals surface area contributed by atoms with Gasteiger partial charge in [0.15, 0.2) is 6.10 Å². The standard InChI is InChI=1S/C12H15NO4/c1-9(17-11(13)14)12(15,16)8-7-10-5-3-2-4-6-10/h2-9,15-16H,1H3,(H2,13,14)/b8-7+. The lowest BCUT2D eigenvalue weighted by molar-refractivity contribution is -0.181. The quantitative estimate of drug-likeness (QED) is 0.677. The van der Waals surface area contributed by atoms with Gasteiger partial charge in [0.05, 0.1) is 0 Å². The SMILES string of the molecule is CC(OC(N)=O)C(O)(O)/C=C/c1ccccc1. The fourth-order valence-corrected chi connectivity index (χ4v) is 1.18. The van der Waals surface area contributed by atoms with Crippen LogP contribution in [0.5, 0.6) is 0 Å². The third kappa shape index (κ3) is 4.26. The molecule has 0 aliphatic rings. The zero-order chi connectivity index (χ0) is 12.9. The van der Waals surface area contributed by atoms with Gasteiger partial charge in [-0.25, -0.2) is 4.79 Å². The van der Waals surface area contributed by atoms with Crippen LogP contribution in [-0.2, 0) is 4.74 Å².